The molecule has 0 amide bonds. The van der Waals surface area contributed by atoms with Crippen molar-refractivity contribution in [1.29, 1.82) is 0 Å². The Kier molecular flexibility index (Phi) is 3.73. The molecule has 2 bridgehead atoms. The highest BCUT2D eigenvalue weighted by atomic mass is 79.9. The summed E-state index contributed by atoms with van der Waals surface area (Å²) >= 11 is 7.40. The van der Waals surface area contributed by atoms with Gasteiger partial charge in [-0.2, -0.15) is 0 Å². The number of hydrogen-bond acceptors (Lipinski definition) is 2. The number of nitrogens with zero attached hydrogens (tertiary/aromatic N) is 1. The third kappa shape index (κ3) is 2.49. The summed E-state index contributed by atoms with van der Waals surface area (Å²) in [5.74, 6) is 0.435. The number of halogens is 2. The predicted octanol–water partition coefficient (Wildman–Crippen LogP) is 4.61. The van der Waals surface area contributed by atoms with Crippen LogP contribution in [0, 0.1) is 6.92 Å². The van der Waals surface area contributed by atoms with Gasteiger partial charge in [-0.3, -0.25) is 4.79 Å². The van der Waals surface area contributed by atoms with Crippen molar-refractivity contribution in [2.24, 2.45) is 0 Å². The smallest absolute Gasteiger partial charge is 0.137 e. The van der Waals surface area contributed by atoms with Gasteiger partial charge in [0.25, 0.3) is 0 Å². The summed E-state index contributed by atoms with van der Waals surface area (Å²) in [7, 11) is 0. The Bertz CT molecular complexity index is 490. The molecule has 102 valence electrons. The molecule has 2 aliphatic heterocycles. The van der Waals surface area contributed by atoms with Gasteiger partial charge in [0.1, 0.15) is 5.78 Å². The van der Waals surface area contributed by atoms with Gasteiger partial charge >= 0.3 is 0 Å². The Balaban J connectivity index is 2.04. The summed E-state index contributed by atoms with van der Waals surface area (Å²) in [6.45, 7) is 2.10. The van der Waals surface area contributed by atoms with Crippen LogP contribution in [-0.2, 0) is 4.79 Å². The molecule has 3 rings (SSSR count). The first-order chi connectivity index (χ1) is 9.06. The summed E-state index contributed by atoms with van der Waals surface area (Å²) in [6.07, 6.45) is 4.94. The first-order valence-electron chi connectivity index (χ1n) is 6.82. The molecule has 0 N–H and O–H groups in total. The number of aryl methyl sites for hydroxylation is 1. The largest absolute Gasteiger partial charge is 0.363 e. The predicted molar refractivity (Wildman–Crippen MR) is 84.7 cm³/mol. The normalized spacial score (nSPS) is 26.7. The van der Waals surface area contributed by atoms with Crippen LogP contribution in [0.15, 0.2) is 21.1 Å². The molecule has 4 heteroatoms. The van der Waals surface area contributed by atoms with Gasteiger partial charge in [-0.25, -0.2) is 0 Å². The van der Waals surface area contributed by atoms with Crippen LogP contribution < -0.4 is 4.90 Å². The lowest BCUT2D eigenvalue weighted by molar-refractivity contribution is -0.121. The Morgan fingerprint density at radius 3 is 2.16 bits per heavy atom. The minimum Gasteiger partial charge on any atom is -0.363 e. The van der Waals surface area contributed by atoms with Crippen LogP contribution in [-0.4, -0.2) is 17.9 Å². The van der Waals surface area contributed by atoms with Crippen molar-refractivity contribution in [2.45, 2.75) is 51.1 Å². The Hall–Kier alpha value is -0.350. The Morgan fingerprint density at radius 2 is 1.63 bits per heavy atom. The lowest BCUT2D eigenvalue weighted by atomic mass is 9.83. The second-order valence-electron chi connectivity index (χ2n) is 5.67. The summed E-state index contributed by atoms with van der Waals surface area (Å²) in [6, 6.07) is 5.09. The van der Waals surface area contributed by atoms with Crippen molar-refractivity contribution >= 4 is 43.3 Å². The maximum atomic E-state index is 11.8. The molecule has 2 heterocycles. The van der Waals surface area contributed by atoms with Gasteiger partial charge < -0.3 is 4.90 Å². The van der Waals surface area contributed by atoms with E-state index in [0.717, 1.165) is 21.8 Å². The fraction of sp³-hybridized carbons (Fsp3) is 0.533. The van der Waals surface area contributed by atoms with E-state index in [9.17, 15) is 4.79 Å². The maximum Gasteiger partial charge on any atom is 0.137 e. The van der Waals surface area contributed by atoms with Crippen molar-refractivity contribution in [1.82, 2.24) is 0 Å². The number of fused-ring (bicyclic) bond motifs is 2. The second kappa shape index (κ2) is 5.21. The molecule has 0 aromatic heterocycles. The molecule has 2 unspecified atom stereocenters. The minimum atomic E-state index is 0.385. The summed E-state index contributed by atoms with van der Waals surface area (Å²) in [4.78, 5) is 14.3. The van der Waals surface area contributed by atoms with E-state index in [1.807, 2.05) is 0 Å². The number of ketones is 1. The third-order valence-electron chi connectivity index (χ3n) is 4.21. The maximum absolute atomic E-state index is 11.8. The summed E-state index contributed by atoms with van der Waals surface area (Å²) in [5.41, 5.74) is 2.47. The van der Waals surface area contributed by atoms with Crippen molar-refractivity contribution in [3.63, 3.8) is 0 Å². The number of carbonyl (C=O) groups excluding carboxylic acids is 1. The number of rotatable bonds is 1. The molecule has 2 atom stereocenters. The molecule has 0 radical (unpaired) electrons. The highest BCUT2D eigenvalue weighted by molar-refractivity contribution is 9.11. The van der Waals surface area contributed by atoms with Gasteiger partial charge in [0.15, 0.2) is 0 Å². The van der Waals surface area contributed by atoms with Crippen LogP contribution in [0.25, 0.3) is 0 Å². The monoisotopic (exact) mass is 385 g/mol. The number of piperidine rings is 2. The quantitative estimate of drug-likeness (QED) is 0.702. The number of carbonyl (C=O) groups is 1. The van der Waals surface area contributed by atoms with E-state index in [1.54, 1.807) is 0 Å². The lowest BCUT2D eigenvalue weighted by Crippen LogP contribution is -2.52. The van der Waals surface area contributed by atoms with Gasteiger partial charge in [-0.1, -0.05) is 0 Å². The fourth-order valence-electron chi connectivity index (χ4n) is 3.48. The highest BCUT2D eigenvalue weighted by Crippen LogP contribution is 2.43. The molecular weight excluding hydrogens is 370 g/mol. The van der Waals surface area contributed by atoms with Crippen LogP contribution in [0.1, 0.15) is 37.7 Å². The molecule has 0 spiro atoms. The van der Waals surface area contributed by atoms with E-state index in [1.165, 1.54) is 17.7 Å². The zero-order chi connectivity index (χ0) is 13.6. The van der Waals surface area contributed by atoms with Crippen LogP contribution in [0.3, 0.4) is 0 Å². The van der Waals surface area contributed by atoms with Gasteiger partial charge in [0.2, 0.25) is 0 Å². The first kappa shape index (κ1) is 13.6. The van der Waals surface area contributed by atoms with E-state index in [-0.39, 0.29) is 0 Å². The van der Waals surface area contributed by atoms with Crippen molar-refractivity contribution in [3.8, 4) is 0 Å². The first-order valence-corrected chi connectivity index (χ1v) is 8.40. The van der Waals surface area contributed by atoms with Crippen molar-refractivity contribution < 1.29 is 4.79 Å². The molecule has 1 aromatic carbocycles. The molecule has 2 nitrogen and oxygen atoms in total. The van der Waals surface area contributed by atoms with Gasteiger partial charge in [-0.15, -0.1) is 0 Å². The molecule has 0 saturated carbocycles. The van der Waals surface area contributed by atoms with Crippen LogP contribution in [0.5, 0.6) is 0 Å². The van der Waals surface area contributed by atoms with Crippen LogP contribution in [0.4, 0.5) is 5.69 Å². The van der Waals surface area contributed by atoms with Gasteiger partial charge in [0.05, 0.1) is 5.69 Å². The van der Waals surface area contributed by atoms with Gasteiger partial charge in [-0.05, 0) is 75.7 Å². The average molecular weight is 387 g/mol. The van der Waals surface area contributed by atoms with Crippen LogP contribution >= 0.6 is 31.9 Å². The van der Waals surface area contributed by atoms with E-state index in [4.69, 9.17) is 0 Å². The Labute approximate surface area is 130 Å². The molecule has 2 fully saturated rings. The molecule has 19 heavy (non-hydrogen) atoms. The van der Waals surface area contributed by atoms with Crippen molar-refractivity contribution in [3.05, 3.63) is 26.6 Å². The van der Waals surface area contributed by atoms with Crippen molar-refractivity contribution in [2.75, 3.05) is 4.90 Å². The van der Waals surface area contributed by atoms with E-state index < -0.39 is 0 Å². The highest BCUT2D eigenvalue weighted by Gasteiger charge is 2.38. The summed E-state index contributed by atoms with van der Waals surface area (Å²) in [5, 5.41) is 0. The lowest BCUT2D eigenvalue weighted by Gasteiger charge is -2.47. The Morgan fingerprint density at radius 1 is 1.11 bits per heavy atom. The van der Waals surface area contributed by atoms with E-state index >= 15 is 0 Å². The fourth-order valence-corrected chi connectivity index (χ4v) is 5.30. The molecule has 2 saturated heterocycles. The van der Waals surface area contributed by atoms with Crippen LogP contribution in [0.2, 0.25) is 0 Å². The standard InChI is InChI=1S/C15H17Br2NO/c1-9-5-13(16)15(14(17)6-9)18-10-3-2-4-11(18)8-12(19)7-10/h5-6,10-11H,2-4,7-8H2,1H3. The number of Topliss-reactive ketones (excluding diaryl/α,β-unsaturated/α-hetero) is 1. The third-order valence-corrected chi connectivity index (χ3v) is 5.42. The van der Waals surface area contributed by atoms with E-state index in [2.05, 4.69) is 55.8 Å². The molecule has 2 aliphatic rings. The van der Waals surface area contributed by atoms with E-state index in [0.29, 0.717) is 30.7 Å². The minimum absolute atomic E-state index is 0.385. The SMILES string of the molecule is Cc1cc(Br)c(N2C3CCCC2CC(=O)C3)c(Br)c1. The summed E-state index contributed by atoms with van der Waals surface area (Å²) < 4.78 is 2.26. The number of hydrogen-bond donors (Lipinski definition) is 0. The second-order valence-corrected chi connectivity index (χ2v) is 7.38. The molecule has 1 aromatic rings. The average Bonchev–Trinajstić information content (AvgIpc) is 2.28. The molecule has 0 aliphatic carbocycles. The zero-order valence-corrected chi connectivity index (χ0v) is 14.1. The number of benzene rings is 1. The number of anilines is 1. The topological polar surface area (TPSA) is 20.3 Å². The van der Waals surface area contributed by atoms with Gasteiger partial charge in [0, 0.05) is 33.9 Å². The molecular formula is C15H17Br2NO. The zero-order valence-electron chi connectivity index (χ0n) is 11.0.